The minimum atomic E-state index is -0.269. The third kappa shape index (κ3) is 3.66. The number of rotatable bonds is 5. The van der Waals surface area contributed by atoms with E-state index >= 15 is 0 Å². The SMILES string of the molecule is C[C@@H]1[C@H](C)CCC[C@H]1NC(=O)CCCN1C(=O)c2cccc3cccc(c23)C1=O. The van der Waals surface area contributed by atoms with Crippen molar-refractivity contribution in [1.82, 2.24) is 10.2 Å². The molecule has 0 saturated heterocycles. The number of nitrogens with zero attached hydrogens (tertiary/aromatic N) is 1. The zero-order valence-corrected chi connectivity index (χ0v) is 17.1. The molecule has 1 fully saturated rings. The maximum Gasteiger partial charge on any atom is 0.261 e. The fraction of sp³-hybridized carbons (Fsp3) is 0.458. The summed E-state index contributed by atoms with van der Waals surface area (Å²) in [7, 11) is 0. The van der Waals surface area contributed by atoms with Crippen molar-refractivity contribution in [3.05, 3.63) is 47.5 Å². The summed E-state index contributed by atoms with van der Waals surface area (Å²) in [5.41, 5.74) is 1.12. The van der Waals surface area contributed by atoms with Crippen molar-refractivity contribution in [2.24, 2.45) is 11.8 Å². The van der Waals surface area contributed by atoms with Gasteiger partial charge < -0.3 is 5.32 Å². The predicted molar refractivity (Wildman–Crippen MR) is 113 cm³/mol. The number of amides is 3. The zero-order valence-electron chi connectivity index (χ0n) is 17.1. The molecule has 5 nitrogen and oxygen atoms in total. The lowest BCUT2D eigenvalue weighted by molar-refractivity contribution is -0.122. The highest BCUT2D eigenvalue weighted by atomic mass is 16.2. The number of hydrogen-bond acceptors (Lipinski definition) is 3. The van der Waals surface area contributed by atoms with Crippen LogP contribution in [0.4, 0.5) is 0 Å². The van der Waals surface area contributed by atoms with E-state index in [-0.39, 0.29) is 30.3 Å². The predicted octanol–water partition coefficient (Wildman–Crippen LogP) is 4.16. The summed E-state index contributed by atoms with van der Waals surface area (Å²) >= 11 is 0. The quantitative estimate of drug-likeness (QED) is 0.777. The Kier molecular flexibility index (Phi) is 5.39. The molecule has 3 atom stereocenters. The molecule has 2 aliphatic rings. The van der Waals surface area contributed by atoms with E-state index in [0.29, 0.717) is 35.8 Å². The molecule has 1 aliphatic heterocycles. The minimum absolute atomic E-state index is 0.00959. The van der Waals surface area contributed by atoms with Gasteiger partial charge >= 0.3 is 0 Å². The second kappa shape index (κ2) is 7.97. The van der Waals surface area contributed by atoms with Crippen LogP contribution in [-0.4, -0.2) is 35.2 Å². The maximum absolute atomic E-state index is 12.9. The number of nitrogens with one attached hydrogen (secondary N) is 1. The first-order valence-corrected chi connectivity index (χ1v) is 10.6. The van der Waals surface area contributed by atoms with Crippen molar-refractivity contribution >= 4 is 28.5 Å². The van der Waals surface area contributed by atoms with E-state index in [4.69, 9.17) is 0 Å². The van der Waals surface area contributed by atoms with Crippen molar-refractivity contribution in [3.63, 3.8) is 0 Å². The Morgan fingerprint density at radius 1 is 1.03 bits per heavy atom. The molecule has 2 aromatic carbocycles. The summed E-state index contributed by atoms with van der Waals surface area (Å²) in [6.45, 7) is 4.71. The zero-order chi connectivity index (χ0) is 20.5. The summed E-state index contributed by atoms with van der Waals surface area (Å²) in [5, 5.41) is 4.80. The largest absolute Gasteiger partial charge is 0.353 e. The van der Waals surface area contributed by atoms with Crippen molar-refractivity contribution in [1.29, 1.82) is 0 Å². The first kappa shape index (κ1) is 19.6. The van der Waals surface area contributed by atoms with Gasteiger partial charge in [-0.15, -0.1) is 0 Å². The van der Waals surface area contributed by atoms with Crippen molar-refractivity contribution < 1.29 is 14.4 Å². The summed E-state index contributed by atoms with van der Waals surface area (Å²) in [6, 6.07) is 11.3. The fourth-order valence-corrected chi connectivity index (χ4v) is 4.75. The average molecular weight is 392 g/mol. The summed E-state index contributed by atoms with van der Waals surface area (Å²) in [6.07, 6.45) is 4.19. The lowest BCUT2D eigenvalue weighted by Crippen LogP contribution is -2.44. The molecule has 0 aromatic heterocycles. The van der Waals surface area contributed by atoms with Crippen LogP contribution in [0, 0.1) is 11.8 Å². The normalized spacial score (nSPS) is 24.1. The second-order valence-electron chi connectivity index (χ2n) is 8.52. The van der Waals surface area contributed by atoms with E-state index in [9.17, 15) is 14.4 Å². The molecule has 1 saturated carbocycles. The van der Waals surface area contributed by atoms with E-state index in [1.54, 1.807) is 12.1 Å². The Bertz CT molecular complexity index is 917. The van der Waals surface area contributed by atoms with E-state index in [2.05, 4.69) is 19.2 Å². The van der Waals surface area contributed by atoms with Crippen LogP contribution in [0.25, 0.3) is 10.8 Å². The van der Waals surface area contributed by atoms with Crippen molar-refractivity contribution in [3.8, 4) is 0 Å². The van der Waals surface area contributed by atoms with Gasteiger partial charge in [0.1, 0.15) is 0 Å². The summed E-state index contributed by atoms with van der Waals surface area (Å²) in [5.74, 6) is 0.578. The molecule has 0 spiro atoms. The number of imide groups is 1. The van der Waals surface area contributed by atoms with Crippen molar-refractivity contribution in [2.45, 2.75) is 52.0 Å². The molecule has 5 heteroatoms. The molecule has 0 bridgehead atoms. The highest BCUT2D eigenvalue weighted by Gasteiger charge is 2.32. The molecule has 29 heavy (non-hydrogen) atoms. The highest BCUT2D eigenvalue weighted by Crippen LogP contribution is 2.31. The molecule has 0 radical (unpaired) electrons. The van der Waals surface area contributed by atoms with Crippen LogP contribution in [0.2, 0.25) is 0 Å². The van der Waals surface area contributed by atoms with Gasteiger partial charge in [0, 0.05) is 35.5 Å². The van der Waals surface area contributed by atoms with Crippen LogP contribution >= 0.6 is 0 Å². The van der Waals surface area contributed by atoms with Gasteiger partial charge in [-0.05, 0) is 42.2 Å². The number of carbonyl (C=O) groups excluding carboxylic acids is 3. The standard InChI is InChI=1S/C24H28N2O3/c1-15-7-3-12-20(16(15)2)25-21(27)13-6-14-26-23(28)18-10-4-8-17-9-5-11-19(22(17)18)24(26)29/h4-5,8-11,15-16,20H,3,6-7,12-14H2,1-2H3,(H,25,27)/t15-,16-,20-/m1/s1. The number of carbonyl (C=O) groups is 3. The first-order chi connectivity index (χ1) is 14.0. The molecule has 4 rings (SSSR count). The average Bonchev–Trinajstić information content (AvgIpc) is 2.72. The van der Waals surface area contributed by atoms with Gasteiger partial charge in [0.15, 0.2) is 0 Å². The fourth-order valence-electron chi connectivity index (χ4n) is 4.75. The summed E-state index contributed by atoms with van der Waals surface area (Å²) < 4.78 is 0. The second-order valence-corrected chi connectivity index (χ2v) is 8.52. The van der Waals surface area contributed by atoms with Crippen molar-refractivity contribution in [2.75, 3.05) is 6.54 Å². The van der Waals surface area contributed by atoms with Crippen LogP contribution in [0.1, 0.15) is 66.7 Å². The van der Waals surface area contributed by atoms with Gasteiger partial charge in [0.05, 0.1) is 0 Å². The van der Waals surface area contributed by atoms with Crippen LogP contribution in [-0.2, 0) is 4.79 Å². The topological polar surface area (TPSA) is 66.5 Å². The summed E-state index contributed by atoms with van der Waals surface area (Å²) in [4.78, 5) is 39.5. The van der Waals surface area contributed by atoms with E-state index in [1.165, 1.54) is 11.3 Å². The third-order valence-corrected chi connectivity index (χ3v) is 6.69. The molecule has 0 unspecified atom stereocenters. The van der Waals surface area contributed by atoms with Gasteiger partial charge in [-0.3, -0.25) is 19.3 Å². The molecule has 1 N–H and O–H groups in total. The third-order valence-electron chi connectivity index (χ3n) is 6.69. The molecular weight excluding hydrogens is 364 g/mol. The molecule has 2 aromatic rings. The number of benzene rings is 2. The lowest BCUT2D eigenvalue weighted by Gasteiger charge is -2.34. The van der Waals surface area contributed by atoms with Gasteiger partial charge in [0.2, 0.25) is 5.91 Å². The lowest BCUT2D eigenvalue weighted by atomic mass is 9.78. The van der Waals surface area contributed by atoms with Crippen LogP contribution in [0.15, 0.2) is 36.4 Å². The Labute approximate surface area is 171 Å². The van der Waals surface area contributed by atoms with Gasteiger partial charge in [0.25, 0.3) is 11.8 Å². The Morgan fingerprint density at radius 3 is 2.34 bits per heavy atom. The molecule has 1 heterocycles. The minimum Gasteiger partial charge on any atom is -0.353 e. The van der Waals surface area contributed by atoms with Crippen LogP contribution in [0.5, 0.6) is 0 Å². The smallest absolute Gasteiger partial charge is 0.261 e. The van der Waals surface area contributed by atoms with E-state index in [1.807, 2.05) is 24.3 Å². The molecule has 1 aliphatic carbocycles. The Morgan fingerprint density at radius 2 is 1.69 bits per heavy atom. The van der Waals surface area contributed by atoms with E-state index in [0.717, 1.165) is 23.6 Å². The monoisotopic (exact) mass is 392 g/mol. The van der Waals surface area contributed by atoms with Gasteiger partial charge in [-0.25, -0.2) is 0 Å². The molecular formula is C24H28N2O3. The molecule has 152 valence electrons. The van der Waals surface area contributed by atoms with Crippen LogP contribution < -0.4 is 5.32 Å². The van der Waals surface area contributed by atoms with E-state index < -0.39 is 0 Å². The molecule has 3 amide bonds. The van der Waals surface area contributed by atoms with Crippen LogP contribution in [0.3, 0.4) is 0 Å². The van der Waals surface area contributed by atoms with Gasteiger partial charge in [-0.2, -0.15) is 0 Å². The number of hydrogen-bond donors (Lipinski definition) is 1. The Hall–Kier alpha value is -2.69. The highest BCUT2D eigenvalue weighted by molar-refractivity contribution is 6.25. The first-order valence-electron chi connectivity index (χ1n) is 10.6. The maximum atomic E-state index is 12.9. The van der Waals surface area contributed by atoms with Gasteiger partial charge in [-0.1, -0.05) is 51.0 Å². The Balaban J connectivity index is 1.39.